The van der Waals surface area contributed by atoms with Crippen molar-refractivity contribution in [2.75, 3.05) is 0 Å². The maximum Gasteiger partial charge on any atom is 0.365 e. The van der Waals surface area contributed by atoms with Gasteiger partial charge in [-0.15, -0.1) is 0 Å². The first-order valence-corrected chi connectivity index (χ1v) is 8.02. The van der Waals surface area contributed by atoms with E-state index in [2.05, 4.69) is 5.16 Å². The van der Waals surface area contributed by atoms with Gasteiger partial charge in [-0.2, -0.15) is 0 Å². The van der Waals surface area contributed by atoms with Crippen molar-refractivity contribution in [3.63, 3.8) is 0 Å². The molecule has 3 rings (SSSR count). The van der Waals surface area contributed by atoms with Gasteiger partial charge in [0.2, 0.25) is 0 Å². The summed E-state index contributed by atoms with van der Waals surface area (Å²) in [7, 11) is 0. The first-order valence-electron chi connectivity index (χ1n) is 8.02. The Morgan fingerprint density at radius 3 is 2.44 bits per heavy atom. The number of carbonyl (C=O) groups is 2. The Labute approximate surface area is 153 Å². The zero-order valence-corrected chi connectivity index (χ0v) is 14.6. The molecule has 136 valence electrons. The van der Waals surface area contributed by atoms with E-state index in [0.717, 1.165) is 0 Å². The molecule has 0 saturated heterocycles. The summed E-state index contributed by atoms with van der Waals surface area (Å²) in [5.41, 5.74) is 0.302. The van der Waals surface area contributed by atoms with Gasteiger partial charge in [0, 0.05) is 18.4 Å². The molecular weight excluding hydrogens is 350 g/mol. The molecule has 7 nitrogen and oxygen atoms in total. The van der Waals surface area contributed by atoms with Crippen molar-refractivity contribution in [2.24, 2.45) is 5.16 Å². The topological polar surface area (TPSA) is 95.2 Å². The average Bonchev–Trinajstić information content (AvgIpc) is 2.65. The molecule has 1 heterocycles. The van der Waals surface area contributed by atoms with Crippen LogP contribution in [-0.4, -0.2) is 17.7 Å². The van der Waals surface area contributed by atoms with Gasteiger partial charge in [-0.25, -0.2) is 9.59 Å². The Kier molecular flexibility index (Phi) is 5.12. The molecule has 7 heteroatoms. The maximum absolute atomic E-state index is 12.2. The fourth-order valence-electron chi connectivity index (χ4n) is 2.36. The molecule has 27 heavy (non-hydrogen) atoms. The van der Waals surface area contributed by atoms with Crippen LogP contribution in [0.4, 0.5) is 0 Å². The average molecular weight is 365 g/mol. The Morgan fingerprint density at radius 2 is 1.74 bits per heavy atom. The Balaban J connectivity index is 1.87. The second kappa shape index (κ2) is 7.65. The van der Waals surface area contributed by atoms with Gasteiger partial charge in [-0.05, 0) is 37.3 Å². The number of carbonyl (C=O) groups excluding carboxylic acids is 2. The molecular formula is C20H15NO6. The normalized spacial score (nSPS) is 11.3. The van der Waals surface area contributed by atoms with Crippen LogP contribution in [0.15, 0.2) is 69.0 Å². The lowest BCUT2D eigenvalue weighted by Crippen LogP contribution is -2.13. The number of benzene rings is 2. The monoisotopic (exact) mass is 365 g/mol. The minimum absolute atomic E-state index is 0.156. The molecule has 0 radical (unpaired) electrons. The zero-order valence-electron chi connectivity index (χ0n) is 14.6. The molecule has 0 atom stereocenters. The summed E-state index contributed by atoms with van der Waals surface area (Å²) >= 11 is 0. The van der Waals surface area contributed by atoms with Gasteiger partial charge in [0.25, 0.3) is 0 Å². The van der Waals surface area contributed by atoms with Crippen LogP contribution >= 0.6 is 0 Å². The van der Waals surface area contributed by atoms with Gasteiger partial charge in [0.05, 0.1) is 16.8 Å². The van der Waals surface area contributed by atoms with E-state index in [1.807, 2.05) is 0 Å². The van der Waals surface area contributed by atoms with Crippen molar-refractivity contribution < 1.29 is 23.6 Å². The lowest BCUT2D eigenvalue weighted by atomic mass is 10.1. The number of esters is 1. The summed E-state index contributed by atoms with van der Waals surface area (Å²) in [6.07, 6.45) is 0. The molecule has 2 aromatic carbocycles. The third-order valence-corrected chi connectivity index (χ3v) is 3.63. The highest BCUT2D eigenvalue weighted by Crippen LogP contribution is 2.21. The molecule has 0 spiro atoms. The molecule has 3 aromatic rings. The van der Waals surface area contributed by atoms with E-state index in [-0.39, 0.29) is 22.6 Å². The van der Waals surface area contributed by atoms with Crippen LogP contribution < -0.4 is 10.4 Å². The Bertz CT molecular complexity index is 1100. The first kappa shape index (κ1) is 18.1. The van der Waals surface area contributed by atoms with Gasteiger partial charge >= 0.3 is 17.6 Å². The number of fused-ring (bicyclic) bond motifs is 1. The fraction of sp³-hybridized carbons (Fsp3) is 0.100. The van der Waals surface area contributed by atoms with Gasteiger partial charge in [0.1, 0.15) is 11.3 Å². The minimum atomic E-state index is -0.653. The van der Waals surface area contributed by atoms with Gasteiger partial charge < -0.3 is 14.0 Å². The summed E-state index contributed by atoms with van der Waals surface area (Å²) in [5.74, 6) is -0.837. The third kappa shape index (κ3) is 4.27. The number of hydrogen-bond acceptors (Lipinski definition) is 7. The smallest absolute Gasteiger partial charge is 0.365 e. The van der Waals surface area contributed by atoms with Crippen LogP contribution in [-0.2, 0) is 9.63 Å². The summed E-state index contributed by atoms with van der Waals surface area (Å²) in [5, 5.41) is 4.33. The molecule has 0 bridgehead atoms. The van der Waals surface area contributed by atoms with Crippen LogP contribution in [0.5, 0.6) is 5.75 Å². The molecule has 0 saturated carbocycles. The number of oxime groups is 1. The quantitative estimate of drug-likeness (QED) is 0.176. The van der Waals surface area contributed by atoms with Gasteiger partial charge in [-0.1, -0.05) is 23.4 Å². The highest BCUT2D eigenvalue weighted by atomic mass is 16.7. The molecule has 0 amide bonds. The predicted molar refractivity (Wildman–Crippen MR) is 97.9 cm³/mol. The van der Waals surface area contributed by atoms with Crippen molar-refractivity contribution in [1.82, 2.24) is 0 Å². The Morgan fingerprint density at radius 1 is 1.00 bits per heavy atom. The van der Waals surface area contributed by atoms with Crippen molar-refractivity contribution in [3.05, 3.63) is 76.1 Å². The van der Waals surface area contributed by atoms with E-state index in [1.54, 1.807) is 48.5 Å². The fourth-order valence-corrected chi connectivity index (χ4v) is 2.36. The van der Waals surface area contributed by atoms with Crippen molar-refractivity contribution >= 4 is 28.6 Å². The maximum atomic E-state index is 12.2. The zero-order chi connectivity index (χ0) is 19.4. The number of hydrogen-bond donors (Lipinski definition) is 0. The Hall–Kier alpha value is -3.74. The lowest BCUT2D eigenvalue weighted by molar-refractivity contribution is -0.131. The van der Waals surface area contributed by atoms with Crippen LogP contribution in [0.1, 0.15) is 29.8 Å². The number of rotatable bonds is 4. The molecule has 0 N–H and O–H groups in total. The van der Waals surface area contributed by atoms with E-state index in [1.165, 1.54) is 19.9 Å². The van der Waals surface area contributed by atoms with E-state index < -0.39 is 17.6 Å². The predicted octanol–water partition coefficient (Wildman–Crippen LogP) is 3.30. The van der Waals surface area contributed by atoms with Crippen LogP contribution in [0.25, 0.3) is 11.0 Å². The number of ether oxygens (including phenoxy) is 1. The lowest BCUT2D eigenvalue weighted by Gasteiger charge is -2.04. The van der Waals surface area contributed by atoms with E-state index >= 15 is 0 Å². The molecule has 0 unspecified atom stereocenters. The molecule has 1 aromatic heterocycles. The standard InChI is InChI=1S/C20H15NO6/c1-12(21-27-19(23)14-6-4-3-5-7-14)17-10-15-8-9-16(25-13(2)22)11-18(15)26-20(17)24/h3-11H,1-2H3/b21-12+. The third-order valence-electron chi connectivity index (χ3n) is 3.63. The van der Waals surface area contributed by atoms with Crippen molar-refractivity contribution in [2.45, 2.75) is 13.8 Å². The molecule has 0 fully saturated rings. The second-order valence-electron chi connectivity index (χ2n) is 5.66. The minimum Gasteiger partial charge on any atom is -0.427 e. The summed E-state index contributed by atoms with van der Waals surface area (Å²) in [6, 6.07) is 14.6. The highest BCUT2D eigenvalue weighted by molar-refractivity contribution is 6.01. The highest BCUT2D eigenvalue weighted by Gasteiger charge is 2.12. The van der Waals surface area contributed by atoms with Crippen LogP contribution in [0.2, 0.25) is 0 Å². The van der Waals surface area contributed by atoms with Crippen LogP contribution in [0, 0.1) is 0 Å². The second-order valence-corrected chi connectivity index (χ2v) is 5.66. The molecule has 0 aliphatic heterocycles. The van der Waals surface area contributed by atoms with Crippen molar-refractivity contribution in [1.29, 1.82) is 0 Å². The SMILES string of the molecule is CC(=O)Oc1ccc2cc(/C(C)=N/OC(=O)c3ccccc3)c(=O)oc2c1. The number of nitrogens with zero attached hydrogens (tertiary/aromatic N) is 1. The van der Waals surface area contributed by atoms with E-state index in [0.29, 0.717) is 10.9 Å². The summed E-state index contributed by atoms with van der Waals surface area (Å²) in [4.78, 5) is 40.1. The summed E-state index contributed by atoms with van der Waals surface area (Å²) in [6.45, 7) is 2.81. The van der Waals surface area contributed by atoms with Gasteiger partial charge in [-0.3, -0.25) is 4.79 Å². The van der Waals surface area contributed by atoms with E-state index in [9.17, 15) is 14.4 Å². The van der Waals surface area contributed by atoms with Crippen molar-refractivity contribution in [3.8, 4) is 5.75 Å². The van der Waals surface area contributed by atoms with E-state index in [4.69, 9.17) is 14.0 Å². The largest absolute Gasteiger partial charge is 0.427 e. The first-order chi connectivity index (χ1) is 12.9. The van der Waals surface area contributed by atoms with Gasteiger partial charge in [0.15, 0.2) is 0 Å². The molecule has 0 aliphatic rings. The van der Waals surface area contributed by atoms with Crippen LogP contribution in [0.3, 0.4) is 0 Å². The molecule has 0 aliphatic carbocycles. The summed E-state index contributed by atoms with van der Waals surface area (Å²) < 4.78 is 10.2.